The molecule has 0 atom stereocenters. The highest BCUT2D eigenvalue weighted by atomic mass is 32.2. The number of ether oxygens (including phenoxy) is 2. The maximum atomic E-state index is 12.8. The summed E-state index contributed by atoms with van der Waals surface area (Å²) in [6, 6.07) is 14.1. The first-order valence-electron chi connectivity index (χ1n) is 16.2. The molecule has 0 fully saturated rings. The van der Waals surface area contributed by atoms with E-state index in [0.717, 1.165) is 35.8 Å². The molecule has 1 aliphatic heterocycles. The van der Waals surface area contributed by atoms with Gasteiger partial charge in [-0.05, 0) is 52.6 Å². The summed E-state index contributed by atoms with van der Waals surface area (Å²) in [5.74, 6) is 2.11. The lowest BCUT2D eigenvalue weighted by molar-refractivity contribution is -0.118. The molecule has 1 amide bonds. The zero-order chi connectivity index (χ0) is 30.0. The molecule has 5 nitrogen and oxygen atoms in total. The number of unbranched alkanes of at least 4 members (excludes halogenated alkanes) is 11. The van der Waals surface area contributed by atoms with Crippen LogP contribution in [0.4, 0.5) is 5.69 Å². The van der Waals surface area contributed by atoms with E-state index in [1.807, 2.05) is 24.3 Å². The van der Waals surface area contributed by atoms with Gasteiger partial charge >= 0.3 is 0 Å². The Morgan fingerprint density at radius 3 is 2.19 bits per heavy atom. The van der Waals surface area contributed by atoms with Crippen molar-refractivity contribution in [3.8, 4) is 11.5 Å². The van der Waals surface area contributed by atoms with Crippen LogP contribution in [0.2, 0.25) is 0 Å². The monoisotopic (exact) mass is 594 g/mol. The second-order valence-corrected chi connectivity index (χ2v) is 13.4. The minimum Gasteiger partial charge on any atom is -0.490 e. The summed E-state index contributed by atoms with van der Waals surface area (Å²) in [6.45, 7) is 10.3. The van der Waals surface area contributed by atoms with Gasteiger partial charge in [-0.2, -0.15) is 0 Å². The molecule has 3 rings (SSSR count). The fourth-order valence-electron chi connectivity index (χ4n) is 5.06. The summed E-state index contributed by atoms with van der Waals surface area (Å²) < 4.78 is 12.2. The maximum Gasteiger partial charge on any atom is 0.262 e. The average Bonchev–Trinajstić information content (AvgIpc) is 3.47. The van der Waals surface area contributed by atoms with Crippen molar-refractivity contribution in [3.05, 3.63) is 65.2 Å². The Bertz CT molecular complexity index is 1100. The van der Waals surface area contributed by atoms with Crippen LogP contribution in [0.15, 0.2) is 54.1 Å². The van der Waals surface area contributed by atoms with Gasteiger partial charge in [-0.25, -0.2) is 0 Å². The summed E-state index contributed by atoms with van der Waals surface area (Å²) in [4.78, 5) is 15.0. The molecule has 1 N–H and O–H groups in total. The number of benzene rings is 2. The molecule has 42 heavy (non-hydrogen) atoms. The summed E-state index contributed by atoms with van der Waals surface area (Å²) in [6.07, 6.45) is 17.9. The standard InChI is InChI=1S/C36H54N2O3S/c1-5-6-7-8-9-10-11-12-13-14-15-16-23-40-34-26-31(36(2,3)4)20-21-33(34)41-28-35(39)37-32-19-17-18-30(25-32)27-38-22-24-42-29-38/h17-22,24-26H,5-16,23,27-29H2,1-4H3,(H,37,39). The lowest BCUT2D eigenvalue weighted by Crippen LogP contribution is -2.21. The van der Waals surface area contributed by atoms with E-state index in [0.29, 0.717) is 12.4 Å². The maximum absolute atomic E-state index is 12.8. The predicted molar refractivity (Wildman–Crippen MR) is 179 cm³/mol. The SMILES string of the molecule is CCCCCCCCCCCCCCOc1cc(C(C)(C)C)ccc1OCC(=O)Nc1cccc(CN2C=CSC2)c1. The van der Waals surface area contributed by atoms with E-state index in [1.54, 1.807) is 11.8 Å². The first kappa shape index (κ1) is 33.9. The summed E-state index contributed by atoms with van der Waals surface area (Å²) in [7, 11) is 0. The van der Waals surface area contributed by atoms with Gasteiger partial charge in [0.05, 0.1) is 12.5 Å². The third kappa shape index (κ3) is 13.1. The van der Waals surface area contributed by atoms with Crippen LogP contribution in [-0.2, 0) is 16.8 Å². The predicted octanol–water partition coefficient (Wildman–Crippen LogP) is 10.1. The van der Waals surface area contributed by atoms with E-state index < -0.39 is 0 Å². The van der Waals surface area contributed by atoms with Crippen molar-refractivity contribution in [1.82, 2.24) is 4.90 Å². The quantitative estimate of drug-likeness (QED) is 0.155. The number of hydrogen-bond donors (Lipinski definition) is 1. The van der Waals surface area contributed by atoms with Crippen molar-refractivity contribution in [1.29, 1.82) is 0 Å². The van der Waals surface area contributed by atoms with Crippen LogP contribution in [-0.4, -0.2) is 29.9 Å². The van der Waals surface area contributed by atoms with Gasteiger partial charge in [0.15, 0.2) is 18.1 Å². The van der Waals surface area contributed by atoms with Gasteiger partial charge < -0.3 is 19.7 Å². The Labute approximate surface area is 259 Å². The summed E-state index contributed by atoms with van der Waals surface area (Å²) >= 11 is 1.79. The molecule has 2 aromatic rings. The molecule has 0 radical (unpaired) electrons. The van der Waals surface area contributed by atoms with E-state index >= 15 is 0 Å². The molecule has 0 saturated carbocycles. The van der Waals surface area contributed by atoms with Gasteiger partial charge in [0.25, 0.3) is 5.91 Å². The van der Waals surface area contributed by atoms with Crippen molar-refractivity contribution in [3.63, 3.8) is 0 Å². The van der Waals surface area contributed by atoms with Crippen LogP contribution in [0.1, 0.15) is 116 Å². The Morgan fingerprint density at radius 2 is 1.55 bits per heavy atom. The lowest BCUT2D eigenvalue weighted by Gasteiger charge is -2.21. The molecule has 6 heteroatoms. The molecule has 0 aliphatic carbocycles. The number of rotatable bonds is 20. The van der Waals surface area contributed by atoms with E-state index in [2.05, 4.69) is 67.7 Å². The smallest absolute Gasteiger partial charge is 0.262 e. The van der Waals surface area contributed by atoms with Crippen molar-refractivity contribution in [2.75, 3.05) is 24.4 Å². The van der Waals surface area contributed by atoms with Crippen LogP contribution in [0, 0.1) is 0 Å². The van der Waals surface area contributed by atoms with Crippen LogP contribution >= 0.6 is 11.8 Å². The van der Waals surface area contributed by atoms with E-state index in [4.69, 9.17) is 9.47 Å². The Kier molecular flexibility index (Phi) is 15.2. The fourth-order valence-corrected chi connectivity index (χ4v) is 5.78. The highest BCUT2D eigenvalue weighted by Crippen LogP contribution is 2.33. The van der Waals surface area contributed by atoms with Crippen molar-refractivity contribution < 1.29 is 14.3 Å². The van der Waals surface area contributed by atoms with Crippen LogP contribution < -0.4 is 14.8 Å². The average molecular weight is 595 g/mol. The zero-order valence-electron chi connectivity index (χ0n) is 26.6. The third-order valence-electron chi connectivity index (χ3n) is 7.63. The number of carbonyl (C=O) groups is 1. The topological polar surface area (TPSA) is 50.8 Å². The van der Waals surface area contributed by atoms with Crippen LogP contribution in [0.5, 0.6) is 11.5 Å². The first-order chi connectivity index (χ1) is 20.3. The number of nitrogens with zero attached hydrogens (tertiary/aromatic N) is 1. The van der Waals surface area contributed by atoms with Crippen molar-refractivity contribution >= 4 is 23.4 Å². The number of hydrogen-bond acceptors (Lipinski definition) is 5. The molecule has 232 valence electrons. The molecular formula is C36H54N2O3S. The largest absolute Gasteiger partial charge is 0.490 e. The Morgan fingerprint density at radius 1 is 0.857 bits per heavy atom. The van der Waals surface area contributed by atoms with Crippen molar-refractivity contribution in [2.24, 2.45) is 0 Å². The Balaban J connectivity index is 1.41. The van der Waals surface area contributed by atoms with E-state index in [9.17, 15) is 4.79 Å². The van der Waals surface area contributed by atoms with E-state index in [-0.39, 0.29) is 17.9 Å². The second-order valence-electron chi connectivity index (χ2n) is 12.5. The third-order valence-corrected chi connectivity index (χ3v) is 8.42. The summed E-state index contributed by atoms with van der Waals surface area (Å²) in [5.41, 5.74) is 3.13. The zero-order valence-corrected chi connectivity index (χ0v) is 27.4. The van der Waals surface area contributed by atoms with Crippen LogP contribution in [0.25, 0.3) is 0 Å². The first-order valence-corrected chi connectivity index (χ1v) is 17.2. The number of anilines is 1. The molecule has 0 spiro atoms. The minimum atomic E-state index is -0.185. The number of nitrogens with one attached hydrogen (secondary N) is 1. The van der Waals surface area contributed by atoms with Gasteiger partial charge in [-0.15, -0.1) is 11.8 Å². The van der Waals surface area contributed by atoms with Gasteiger partial charge in [-0.1, -0.05) is 117 Å². The van der Waals surface area contributed by atoms with Gasteiger partial charge in [0.2, 0.25) is 0 Å². The van der Waals surface area contributed by atoms with E-state index in [1.165, 1.54) is 76.2 Å². The molecular weight excluding hydrogens is 540 g/mol. The van der Waals surface area contributed by atoms with Crippen LogP contribution in [0.3, 0.4) is 0 Å². The molecule has 0 saturated heterocycles. The number of carbonyl (C=O) groups excluding carboxylic acids is 1. The normalized spacial score (nSPS) is 13.0. The fraction of sp³-hybridized carbons (Fsp3) is 0.583. The molecule has 1 heterocycles. The second kappa shape index (κ2) is 18.8. The van der Waals surface area contributed by atoms with Crippen molar-refractivity contribution in [2.45, 2.75) is 117 Å². The van der Waals surface area contributed by atoms with Gasteiger partial charge in [0, 0.05) is 18.4 Å². The summed E-state index contributed by atoms with van der Waals surface area (Å²) in [5, 5.41) is 5.09. The highest BCUT2D eigenvalue weighted by Gasteiger charge is 2.18. The van der Waals surface area contributed by atoms with Gasteiger partial charge in [0.1, 0.15) is 0 Å². The molecule has 1 aliphatic rings. The number of amides is 1. The lowest BCUT2D eigenvalue weighted by atomic mass is 9.87. The highest BCUT2D eigenvalue weighted by molar-refractivity contribution is 8.02. The molecule has 0 unspecified atom stereocenters. The molecule has 0 aromatic heterocycles. The minimum absolute atomic E-state index is 0.00141. The molecule has 0 bridgehead atoms. The Hall–Kier alpha value is -2.60. The number of thioether (sulfide) groups is 1. The molecule has 2 aromatic carbocycles. The van der Waals surface area contributed by atoms with Gasteiger partial charge in [-0.3, -0.25) is 4.79 Å².